The van der Waals surface area contributed by atoms with Crippen molar-refractivity contribution in [3.05, 3.63) is 45.6 Å². The third-order valence-electron chi connectivity index (χ3n) is 3.48. The SMILES string of the molecule is CC(Sc1nnc(-c2ccco2)n1C)C(=O)Nc1c(Cl)cc(Cl)cc1Cl. The van der Waals surface area contributed by atoms with Gasteiger partial charge < -0.3 is 14.3 Å². The van der Waals surface area contributed by atoms with Gasteiger partial charge in [0.25, 0.3) is 0 Å². The van der Waals surface area contributed by atoms with E-state index in [1.807, 2.05) is 0 Å². The van der Waals surface area contributed by atoms with Crippen LogP contribution in [0, 0.1) is 0 Å². The van der Waals surface area contributed by atoms with Crippen molar-refractivity contribution in [3.63, 3.8) is 0 Å². The Morgan fingerprint density at radius 3 is 2.58 bits per heavy atom. The van der Waals surface area contributed by atoms with Gasteiger partial charge in [-0.15, -0.1) is 10.2 Å². The molecule has 1 aromatic carbocycles. The van der Waals surface area contributed by atoms with Crippen LogP contribution in [0.3, 0.4) is 0 Å². The summed E-state index contributed by atoms with van der Waals surface area (Å²) in [4.78, 5) is 12.5. The van der Waals surface area contributed by atoms with Gasteiger partial charge in [-0.2, -0.15) is 0 Å². The van der Waals surface area contributed by atoms with Gasteiger partial charge in [-0.3, -0.25) is 4.79 Å². The maximum Gasteiger partial charge on any atom is 0.237 e. The molecule has 0 spiro atoms. The largest absolute Gasteiger partial charge is 0.461 e. The van der Waals surface area contributed by atoms with Gasteiger partial charge in [-0.1, -0.05) is 46.6 Å². The Bertz CT molecular complexity index is 920. The molecule has 0 aliphatic heterocycles. The van der Waals surface area contributed by atoms with Crippen molar-refractivity contribution < 1.29 is 9.21 Å². The van der Waals surface area contributed by atoms with Gasteiger partial charge in [0.1, 0.15) is 0 Å². The molecule has 0 saturated heterocycles. The number of benzene rings is 1. The maximum atomic E-state index is 12.5. The molecule has 0 radical (unpaired) electrons. The molecule has 10 heteroatoms. The molecular formula is C16H13Cl3N4O2S. The number of nitrogens with zero attached hydrogens (tertiary/aromatic N) is 3. The molecule has 0 aliphatic rings. The van der Waals surface area contributed by atoms with E-state index in [0.29, 0.717) is 27.5 Å². The minimum Gasteiger partial charge on any atom is -0.461 e. The Labute approximate surface area is 168 Å². The van der Waals surface area contributed by atoms with E-state index in [2.05, 4.69) is 15.5 Å². The van der Waals surface area contributed by atoms with Crippen LogP contribution < -0.4 is 5.32 Å². The Morgan fingerprint density at radius 2 is 1.96 bits per heavy atom. The number of nitrogens with one attached hydrogen (secondary N) is 1. The van der Waals surface area contributed by atoms with Crippen LogP contribution in [0.4, 0.5) is 5.69 Å². The average molecular weight is 432 g/mol. The summed E-state index contributed by atoms with van der Waals surface area (Å²) in [5.74, 6) is 0.904. The average Bonchev–Trinajstić information content (AvgIpc) is 3.21. The van der Waals surface area contributed by atoms with Crippen molar-refractivity contribution in [1.29, 1.82) is 0 Å². The first kappa shape index (κ1) is 19.1. The van der Waals surface area contributed by atoms with Crippen molar-refractivity contribution in [3.8, 4) is 11.6 Å². The Hall–Kier alpha value is -1.67. The highest BCUT2D eigenvalue weighted by Gasteiger charge is 2.21. The van der Waals surface area contributed by atoms with Crippen LogP contribution >= 0.6 is 46.6 Å². The van der Waals surface area contributed by atoms with Gasteiger partial charge >= 0.3 is 0 Å². The molecule has 136 valence electrons. The summed E-state index contributed by atoms with van der Waals surface area (Å²) in [6.07, 6.45) is 1.56. The number of carbonyl (C=O) groups is 1. The summed E-state index contributed by atoms with van der Waals surface area (Å²) in [7, 11) is 1.80. The summed E-state index contributed by atoms with van der Waals surface area (Å²) in [6, 6.07) is 6.59. The van der Waals surface area contributed by atoms with Crippen molar-refractivity contribution in [2.24, 2.45) is 7.05 Å². The first-order valence-electron chi connectivity index (χ1n) is 7.42. The van der Waals surface area contributed by atoms with E-state index >= 15 is 0 Å². The topological polar surface area (TPSA) is 73.0 Å². The van der Waals surface area contributed by atoms with Crippen LogP contribution in [0.5, 0.6) is 0 Å². The summed E-state index contributed by atoms with van der Waals surface area (Å²) < 4.78 is 7.09. The van der Waals surface area contributed by atoms with Gasteiger partial charge in [0.15, 0.2) is 16.7 Å². The fraction of sp³-hybridized carbons (Fsp3) is 0.188. The zero-order chi connectivity index (χ0) is 18.8. The zero-order valence-electron chi connectivity index (χ0n) is 13.7. The summed E-state index contributed by atoms with van der Waals surface area (Å²) >= 11 is 19.3. The number of hydrogen-bond acceptors (Lipinski definition) is 5. The van der Waals surface area contributed by atoms with E-state index in [-0.39, 0.29) is 16.0 Å². The molecule has 6 nitrogen and oxygen atoms in total. The van der Waals surface area contributed by atoms with Crippen molar-refractivity contribution in [2.75, 3.05) is 5.32 Å². The Morgan fingerprint density at radius 1 is 1.27 bits per heavy atom. The molecule has 1 unspecified atom stereocenters. The molecule has 1 atom stereocenters. The standard InChI is InChI=1S/C16H13Cl3N4O2S/c1-8(15(24)20-13-10(18)6-9(17)7-11(13)19)26-16-22-21-14(23(16)2)12-4-3-5-25-12/h3-8H,1-2H3,(H,20,24). The zero-order valence-corrected chi connectivity index (χ0v) is 16.7. The lowest BCUT2D eigenvalue weighted by Crippen LogP contribution is -2.23. The summed E-state index contributed by atoms with van der Waals surface area (Å²) in [5, 5.41) is 12.0. The Kier molecular flexibility index (Phi) is 5.82. The predicted octanol–water partition coefficient (Wildman–Crippen LogP) is 5.15. The molecule has 2 aromatic heterocycles. The molecule has 1 N–H and O–H groups in total. The number of halogens is 3. The van der Waals surface area contributed by atoms with Crippen LogP contribution in [0.25, 0.3) is 11.6 Å². The molecule has 0 fully saturated rings. The molecule has 26 heavy (non-hydrogen) atoms. The van der Waals surface area contributed by atoms with E-state index in [4.69, 9.17) is 39.2 Å². The van der Waals surface area contributed by atoms with Crippen LogP contribution in [0.2, 0.25) is 15.1 Å². The third kappa shape index (κ3) is 4.01. The number of thioether (sulfide) groups is 1. The number of amides is 1. The molecule has 3 aromatic rings. The second-order valence-electron chi connectivity index (χ2n) is 5.34. The number of rotatable bonds is 5. The lowest BCUT2D eigenvalue weighted by molar-refractivity contribution is -0.115. The number of carbonyl (C=O) groups excluding carboxylic acids is 1. The first-order chi connectivity index (χ1) is 12.4. The van der Waals surface area contributed by atoms with Crippen LogP contribution in [0.15, 0.2) is 40.1 Å². The highest BCUT2D eigenvalue weighted by atomic mass is 35.5. The molecular weight excluding hydrogens is 419 g/mol. The Balaban J connectivity index is 1.73. The minimum atomic E-state index is -0.467. The van der Waals surface area contributed by atoms with Crippen LogP contribution in [-0.4, -0.2) is 25.9 Å². The predicted molar refractivity (Wildman–Crippen MR) is 104 cm³/mol. The highest BCUT2D eigenvalue weighted by molar-refractivity contribution is 8.00. The molecule has 0 aliphatic carbocycles. The van der Waals surface area contributed by atoms with Crippen molar-refractivity contribution in [2.45, 2.75) is 17.3 Å². The van der Waals surface area contributed by atoms with E-state index < -0.39 is 5.25 Å². The van der Waals surface area contributed by atoms with Gasteiger partial charge in [0.2, 0.25) is 5.91 Å². The maximum absolute atomic E-state index is 12.5. The van der Waals surface area contributed by atoms with Gasteiger partial charge in [0, 0.05) is 12.1 Å². The van der Waals surface area contributed by atoms with Gasteiger partial charge in [-0.25, -0.2) is 0 Å². The second-order valence-corrected chi connectivity index (χ2v) is 7.90. The normalized spacial score (nSPS) is 12.2. The smallest absolute Gasteiger partial charge is 0.237 e. The van der Waals surface area contributed by atoms with E-state index in [1.165, 1.54) is 23.9 Å². The summed E-state index contributed by atoms with van der Waals surface area (Å²) in [6.45, 7) is 1.75. The molecule has 3 rings (SSSR count). The third-order valence-corrected chi connectivity index (χ3v) is 5.43. The number of aromatic nitrogens is 3. The minimum absolute atomic E-state index is 0.270. The lowest BCUT2D eigenvalue weighted by atomic mass is 10.3. The number of hydrogen-bond donors (Lipinski definition) is 1. The summed E-state index contributed by atoms with van der Waals surface area (Å²) in [5.41, 5.74) is 0.324. The van der Waals surface area contributed by atoms with E-state index in [1.54, 1.807) is 36.9 Å². The number of furan rings is 1. The second kappa shape index (κ2) is 7.92. The fourth-order valence-electron chi connectivity index (χ4n) is 2.14. The molecule has 1 amide bonds. The van der Waals surface area contributed by atoms with Gasteiger partial charge in [0.05, 0.1) is 27.2 Å². The quantitative estimate of drug-likeness (QED) is 0.565. The van der Waals surface area contributed by atoms with Crippen molar-refractivity contribution in [1.82, 2.24) is 14.8 Å². The van der Waals surface area contributed by atoms with Crippen molar-refractivity contribution >= 4 is 58.2 Å². The first-order valence-corrected chi connectivity index (χ1v) is 9.43. The molecule has 0 bridgehead atoms. The lowest BCUT2D eigenvalue weighted by Gasteiger charge is -2.14. The van der Waals surface area contributed by atoms with Gasteiger partial charge in [-0.05, 0) is 31.2 Å². The fourth-order valence-corrected chi connectivity index (χ4v) is 3.86. The molecule has 0 saturated carbocycles. The monoisotopic (exact) mass is 430 g/mol. The van der Waals surface area contributed by atoms with Crippen LogP contribution in [-0.2, 0) is 11.8 Å². The number of anilines is 1. The van der Waals surface area contributed by atoms with E-state index in [9.17, 15) is 4.79 Å². The van der Waals surface area contributed by atoms with E-state index in [0.717, 1.165) is 0 Å². The van der Waals surface area contributed by atoms with Crippen LogP contribution in [0.1, 0.15) is 6.92 Å². The molecule has 2 heterocycles. The highest BCUT2D eigenvalue weighted by Crippen LogP contribution is 2.34.